The van der Waals surface area contributed by atoms with Gasteiger partial charge in [-0.2, -0.15) is 0 Å². The van der Waals surface area contributed by atoms with Crippen LogP contribution in [0.3, 0.4) is 0 Å². The Morgan fingerprint density at radius 2 is 1.34 bits per heavy atom. The van der Waals surface area contributed by atoms with E-state index in [0.29, 0.717) is 48.3 Å². The van der Waals surface area contributed by atoms with Crippen molar-refractivity contribution in [3.63, 3.8) is 0 Å². The van der Waals surface area contributed by atoms with Gasteiger partial charge >= 0.3 is 0 Å². The van der Waals surface area contributed by atoms with E-state index in [1.54, 1.807) is 0 Å². The molecule has 8 N–H and O–H groups in total. The fourth-order valence-corrected chi connectivity index (χ4v) is 14.0. The molecule has 1 unspecified atom stereocenters. The zero-order chi connectivity index (χ0) is 43.5. The Hall–Kier alpha value is -0.900. The van der Waals surface area contributed by atoms with Gasteiger partial charge in [0.25, 0.3) is 0 Å². The van der Waals surface area contributed by atoms with E-state index in [1.807, 2.05) is 0 Å². The SMILES string of the molecule is C[C@@H]1CC[C@@]2(OC1)O[C@H]1C[C@H]3[C@@H]4CC=C5C[C@@H](O[C@@H]6O[C@H](CO)[C@@H](O)[C@H](O[C@@H]7O[C@@H](C)[C@H](O)[C@@H](O)[C@H]7O)[C@H]6O[C@@H]6O[C@@H](C)[C@H](O)[C@@H](O)[C@H]6O)CC[C@]5(C)[C@H]4CC[C@]3(C)C1[C@@H]2C. The van der Waals surface area contributed by atoms with Crippen LogP contribution in [0.15, 0.2) is 11.6 Å². The summed E-state index contributed by atoms with van der Waals surface area (Å²) in [6.45, 7) is 12.7. The van der Waals surface area contributed by atoms with Crippen LogP contribution in [0.1, 0.15) is 99.3 Å². The van der Waals surface area contributed by atoms with Crippen LogP contribution in [0, 0.1) is 46.3 Å². The first-order valence-corrected chi connectivity index (χ1v) is 23.2. The van der Waals surface area contributed by atoms with Gasteiger partial charge in [-0.3, -0.25) is 0 Å². The molecule has 5 aliphatic heterocycles. The number of ether oxygens (including phenoxy) is 8. The maximum Gasteiger partial charge on any atom is 0.187 e. The van der Waals surface area contributed by atoms with Crippen molar-refractivity contribution < 1.29 is 78.7 Å². The van der Waals surface area contributed by atoms with Crippen molar-refractivity contribution >= 4 is 0 Å². The lowest BCUT2D eigenvalue weighted by molar-refractivity contribution is -0.393. The van der Waals surface area contributed by atoms with Crippen molar-refractivity contribution in [2.75, 3.05) is 13.2 Å². The monoisotopic (exact) mass is 868 g/mol. The molecule has 9 aliphatic rings. The number of hydrogen-bond donors (Lipinski definition) is 8. The summed E-state index contributed by atoms with van der Waals surface area (Å²) in [4.78, 5) is 0. The lowest BCUT2D eigenvalue weighted by atomic mass is 9.47. The van der Waals surface area contributed by atoms with Crippen molar-refractivity contribution in [2.45, 2.75) is 209 Å². The molecule has 0 aromatic heterocycles. The van der Waals surface area contributed by atoms with E-state index in [1.165, 1.54) is 19.4 Å². The highest BCUT2D eigenvalue weighted by Gasteiger charge is 2.69. The van der Waals surface area contributed by atoms with Gasteiger partial charge in [0.1, 0.15) is 61.0 Å². The van der Waals surface area contributed by atoms with Crippen molar-refractivity contribution in [3.8, 4) is 0 Å². The average Bonchev–Trinajstić information content (AvgIpc) is 3.69. The molecule has 0 bridgehead atoms. The third kappa shape index (κ3) is 7.42. The molecule has 8 fully saturated rings. The van der Waals surface area contributed by atoms with E-state index in [0.717, 1.165) is 51.6 Å². The van der Waals surface area contributed by atoms with Crippen LogP contribution < -0.4 is 0 Å². The maximum atomic E-state index is 11.6. The fraction of sp³-hybridized carbons (Fsp3) is 0.956. The number of allylic oxidation sites excluding steroid dienone is 1. The lowest BCUT2D eigenvalue weighted by Gasteiger charge is -2.59. The van der Waals surface area contributed by atoms with Crippen molar-refractivity contribution in [1.82, 2.24) is 0 Å². The zero-order valence-electron chi connectivity index (χ0n) is 36.5. The molecule has 26 atom stereocenters. The molecular formula is C45H72O16. The molecule has 348 valence electrons. The Morgan fingerprint density at radius 3 is 1.97 bits per heavy atom. The smallest absolute Gasteiger partial charge is 0.187 e. The molecule has 61 heavy (non-hydrogen) atoms. The van der Waals surface area contributed by atoms with Gasteiger partial charge in [-0.25, -0.2) is 0 Å². The average molecular weight is 869 g/mol. The highest BCUT2D eigenvalue weighted by Crippen LogP contribution is 2.70. The third-order valence-corrected chi connectivity index (χ3v) is 17.6. The van der Waals surface area contributed by atoms with Gasteiger partial charge in [-0.1, -0.05) is 39.3 Å². The highest BCUT2D eigenvalue weighted by atomic mass is 16.8. The summed E-state index contributed by atoms with van der Waals surface area (Å²) in [6.07, 6.45) is -10.6. The Morgan fingerprint density at radius 1 is 0.689 bits per heavy atom. The van der Waals surface area contributed by atoms with E-state index in [2.05, 4.69) is 33.8 Å². The molecule has 0 amide bonds. The molecule has 0 aromatic rings. The molecular weight excluding hydrogens is 796 g/mol. The predicted molar refractivity (Wildman–Crippen MR) is 213 cm³/mol. The second-order valence-electron chi connectivity index (χ2n) is 21.1. The number of rotatable bonds is 7. The standard InChI is InChI=1S/C45H72O16/c1-19-9-14-45(54-18-19)20(2)30-28(61-45)16-27-25-8-7-23-15-24(10-12-43(23,5)26(25)11-13-44(27,30)6)57-42-39(60-41-37(53)35(51)32(48)22(4)56-41)38(33(49)29(17-46)58-42)59-40-36(52)34(50)31(47)21(3)55-40/h7,19-22,24-42,46-53H,8-18H2,1-6H3/t19-,20+,21+,22+,24+,25-,26+,27+,28+,29-,30?,31+,32+,33-,34-,35-,36-,37-,38+,39-,40+,41+,42-,43+,44+,45-/m1/s1. The Kier molecular flexibility index (Phi) is 12.4. The molecule has 5 saturated heterocycles. The van der Waals surface area contributed by atoms with E-state index < -0.39 is 105 Å². The summed E-state index contributed by atoms with van der Waals surface area (Å²) < 4.78 is 50.5. The van der Waals surface area contributed by atoms with E-state index in [-0.39, 0.29) is 23.0 Å². The molecule has 9 rings (SSSR count). The van der Waals surface area contributed by atoms with Crippen LogP contribution in [0.4, 0.5) is 0 Å². The Bertz CT molecular complexity index is 1590. The van der Waals surface area contributed by atoms with Crippen LogP contribution in [-0.4, -0.2) is 164 Å². The van der Waals surface area contributed by atoms with E-state index in [4.69, 9.17) is 37.9 Å². The van der Waals surface area contributed by atoms with Gasteiger partial charge in [-0.15, -0.1) is 0 Å². The second kappa shape index (κ2) is 16.8. The summed E-state index contributed by atoms with van der Waals surface area (Å²) in [6, 6.07) is 0. The van der Waals surface area contributed by atoms with E-state index in [9.17, 15) is 40.9 Å². The van der Waals surface area contributed by atoms with Crippen molar-refractivity contribution in [3.05, 3.63) is 11.6 Å². The molecule has 0 aromatic carbocycles. The molecule has 1 spiro atoms. The van der Waals surface area contributed by atoms with Crippen LogP contribution >= 0.6 is 0 Å². The topological polar surface area (TPSA) is 236 Å². The van der Waals surface area contributed by atoms with E-state index >= 15 is 0 Å². The van der Waals surface area contributed by atoms with Crippen LogP contribution in [0.25, 0.3) is 0 Å². The largest absolute Gasteiger partial charge is 0.394 e. The minimum Gasteiger partial charge on any atom is -0.394 e. The molecule has 3 saturated carbocycles. The minimum atomic E-state index is -1.73. The van der Waals surface area contributed by atoms with Crippen LogP contribution in [-0.2, 0) is 37.9 Å². The summed E-state index contributed by atoms with van der Waals surface area (Å²) in [5.74, 6) is 2.61. The van der Waals surface area contributed by atoms with Crippen LogP contribution in [0.5, 0.6) is 0 Å². The fourth-order valence-electron chi connectivity index (χ4n) is 14.0. The van der Waals surface area contributed by atoms with Crippen molar-refractivity contribution in [2.24, 2.45) is 46.3 Å². The first-order chi connectivity index (χ1) is 28.9. The van der Waals surface area contributed by atoms with Gasteiger partial charge in [-0.05, 0) is 106 Å². The Balaban J connectivity index is 0.937. The van der Waals surface area contributed by atoms with Gasteiger partial charge in [0.05, 0.1) is 37.6 Å². The summed E-state index contributed by atoms with van der Waals surface area (Å²) >= 11 is 0. The van der Waals surface area contributed by atoms with Gasteiger partial charge < -0.3 is 78.7 Å². The number of hydrogen-bond acceptors (Lipinski definition) is 16. The second-order valence-corrected chi connectivity index (χ2v) is 21.1. The number of aliphatic hydroxyl groups excluding tert-OH is 8. The Labute approximate surface area is 358 Å². The number of fused-ring (bicyclic) bond motifs is 7. The highest BCUT2D eigenvalue weighted by molar-refractivity contribution is 5.26. The van der Waals surface area contributed by atoms with Gasteiger partial charge in [0.2, 0.25) is 0 Å². The van der Waals surface area contributed by atoms with Gasteiger partial charge in [0, 0.05) is 12.3 Å². The maximum absolute atomic E-state index is 11.6. The summed E-state index contributed by atoms with van der Waals surface area (Å²) in [5.41, 5.74) is 1.51. The quantitative estimate of drug-likeness (QED) is 0.168. The van der Waals surface area contributed by atoms with Crippen molar-refractivity contribution in [1.29, 1.82) is 0 Å². The predicted octanol–water partition coefficient (Wildman–Crippen LogP) is 1.24. The first kappa shape index (κ1) is 45.3. The number of aliphatic hydroxyl groups is 8. The first-order valence-electron chi connectivity index (χ1n) is 23.2. The zero-order valence-corrected chi connectivity index (χ0v) is 36.5. The summed E-state index contributed by atoms with van der Waals surface area (Å²) in [5, 5.41) is 85.9. The third-order valence-electron chi connectivity index (χ3n) is 17.6. The molecule has 0 radical (unpaired) electrons. The summed E-state index contributed by atoms with van der Waals surface area (Å²) in [7, 11) is 0. The van der Waals surface area contributed by atoms with Crippen LogP contribution in [0.2, 0.25) is 0 Å². The normalized spacial score (nSPS) is 58.4. The lowest BCUT2D eigenvalue weighted by Crippen LogP contribution is -2.67. The molecule has 5 heterocycles. The molecule has 4 aliphatic carbocycles. The molecule has 16 heteroatoms. The minimum absolute atomic E-state index is 0.0272. The van der Waals surface area contributed by atoms with Gasteiger partial charge in [0.15, 0.2) is 24.7 Å². The molecule has 16 nitrogen and oxygen atoms in total.